The van der Waals surface area contributed by atoms with Gasteiger partial charge in [0.25, 0.3) is 0 Å². The first kappa shape index (κ1) is 15.3. The molecule has 1 aromatic carbocycles. The Hall–Kier alpha value is -1.60. The maximum atomic E-state index is 12.9. The van der Waals surface area contributed by atoms with Crippen molar-refractivity contribution in [2.75, 3.05) is 5.75 Å². The van der Waals surface area contributed by atoms with Gasteiger partial charge in [-0.3, -0.25) is 0 Å². The van der Waals surface area contributed by atoms with Crippen molar-refractivity contribution in [2.45, 2.75) is 18.0 Å². The largest absolute Gasteiger partial charge is 0.416 e. The van der Waals surface area contributed by atoms with Crippen molar-refractivity contribution in [3.63, 3.8) is 0 Å². The molecule has 3 rings (SSSR count). The van der Waals surface area contributed by atoms with Gasteiger partial charge in [-0.25, -0.2) is 9.97 Å². The van der Waals surface area contributed by atoms with Crippen molar-refractivity contribution in [1.82, 2.24) is 9.97 Å². The van der Waals surface area contributed by atoms with Crippen LogP contribution in [0.5, 0.6) is 0 Å². The lowest BCUT2D eigenvalue weighted by Crippen LogP contribution is -2.05. The van der Waals surface area contributed by atoms with Crippen LogP contribution >= 0.6 is 23.1 Å². The minimum atomic E-state index is -4.34. The summed E-state index contributed by atoms with van der Waals surface area (Å²) in [6.45, 7) is 1.91. The molecule has 0 bridgehead atoms. The van der Waals surface area contributed by atoms with E-state index >= 15 is 0 Å². The summed E-state index contributed by atoms with van der Waals surface area (Å²) >= 11 is 2.77. The molecule has 0 spiro atoms. The van der Waals surface area contributed by atoms with Gasteiger partial charge in [0.1, 0.15) is 15.4 Å². The average Bonchev–Trinajstić information content (AvgIpc) is 2.90. The Kier molecular flexibility index (Phi) is 4.10. The number of nitrogens with zero attached hydrogens (tertiary/aromatic N) is 2. The second kappa shape index (κ2) is 5.89. The molecule has 2 heterocycles. The summed E-state index contributed by atoms with van der Waals surface area (Å²) in [5.41, 5.74) is 0.851. The number of hydrogen-bond donors (Lipinski definition) is 0. The van der Waals surface area contributed by atoms with Crippen LogP contribution in [0.15, 0.2) is 41.4 Å². The molecule has 0 unspecified atom stereocenters. The molecule has 2 nitrogen and oxygen atoms in total. The average molecular weight is 340 g/mol. The highest BCUT2D eigenvalue weighted by Gasteiger charge is 2.31. The zero-order valence-electron chi connectivity index (χ0n) is 11.5. The third-order valence-corrected chi connectivity index (χ3v) is 4.96. The van der Waals surface area contributed by atoms with Crippen molar-refractivity contribution in [3.8, 4) is 10.6 Å². The molecule has 0 radical (unpaired) electrons. The lowest BCUT2D eigenvalue weighted by Gasteiger charge is -2.11. The van der Waals surface area contributed by atoms with Crippen LogP contribution in [0.4, 0.5) is 13.2 Å². The van der Waals surface area contributed by atoms with Crippen LogP contribution in [0, 0.1) is 0 Å². The number of alkyl halides is 3. The van der Waals surface area contributed by atoms with Gasteiger partial charge in [-0.15, -0.1) is 11.8 Å². The Morgan fingerprint density at radius 3 is 2.73 bits per heavy atom. The molecule has 0 saturated heterocycles. The Labute approximate surface area is 133 Å². The van der Waals surface area contributed by atoms with Crippen molar-refractivity contribution in [1.29, 1.82) is 0 Å². The highest BCUT2D eigenvalue weighted by molar-refractivity contribution is 7.99. The number of pyridine rings is 1. The summed E-state index contributed by atoms with van der Waals surface area (Å²) in [6, 6.07) is 7.44. The zero-order chi connectivity index (χ0) is 15.7. The third kappa shape index (κ3) is 2.96. The lowest BCUT2D eigenvalue weighted by molar-refractivity contribution is -0.137. The van der Waals surface area contributed by atoms with Crippen LogP contribution < -0.4 is 0 Å². The summed E-state index contributed by atoms with van der Waals surface area (Å²) in [6.07, 6.45) is -2.66. The van der Waals surface area contributed by atoms with Gasteiger partial charge in [0.15, 0.2) is 0 Å². The van der Waals surface area contributed by atoms with Gasteiger partial charge in [0.05, 0.1) is 5.56 Å². The smallest absolute Gasteiger partial charge is 0.244 e. The molecule has 0 aliphatic carbocycles. The van der Waals surface area contributed by atoms with E-state index < -0.39 is 11.7 Å². The van der Waals surface area contributed by atoms with Gasteiger partial charge in [0.2, 0.25) is 0 Å². The van der Waals surface area contributed by atoms with Gasteiger partial charge in [-0.2, -0.15) is 13.2 Å². The number of hydrogen-bond acceptors (Lipinski definition) is 4. The number of aromatic nitrogens is 2. The Morgan fingerprint density at radius 1 is 1.23 bits per heavy atom. The number of rotatable bonds is 3. The van der Waals surface area contributed by atoms with E-state index in [1.807, 2.05) is 13.0 Å². The molecule has 0 saturated carbocycles. The van der Waals surface area contributed by atoms with E-state index in [1.165, 1.54) is 35.2 Å². The second-order valence-electron chi connectivity index (χ2n) is 4.49. The van der Waals surface area contributed by atoms with E-state index in [-0.39, 0.29) is 0 Å². The molecule has 0 atom stereocenters. The maximum absolute atomic E-state index is 12.9. The standard InChI is InChI=1S/C15H11F3N2S2/c1-2-21-12-8-9(15(16,17)18)5-6-10(12)13-20-11-4-3-7-19-14(11)22-13/h3-8H,2H2,1H3. The topological polar surface area (TPSA) is 25.8 Å². The minimum Gasteiger partial charge on any atom is -0.244 e. The molecule has 0 N–H and O–H groups in total. The van der Waals surface area contributed by atoms with Gasteiger partial charge in [-0.1, -0.05) is 24.3 Å². The van der Waals surface area contributed by atoms with E-state index in [0.717, 1.165) is 22.0 Å². The predicted molar refractivity (Wildman–Crippen MR) is 84.3 cm³/mol. The molecular formula is C15H11F3N2S2. The monoisotopic (exact) mass is 340 g/mol. The van der Waals surface area contributed by atoms with Gasteiger partial charge in [-0.05, 0) is 30.0 Å². The first-order valence-electron chi connectivity index (χ1n) is 6.55. The molecule has 0 aliphatic rings. The van der Waals surface area contributed by atoms with Crippen molar-refractivity contribution in [2.24, 2.45) is 0 Å². The number of benzene rings is 1. The SMILES string of the molecule is CCSc1cc(C(F)(F)F)ccc1-c1nc2cccnc2s1. The normalized spacial score (nSPS) is 12.0. The van der Waals surface area contributed by atoms with Crippen molar-refractivity contribution >= 4 is 33.4 Å². The molecule has 7 heteroatoms. The summed E-state index contributed by atoms with van der Waals surface area (Å²) < 4.78 is 38.6. The van der Waals surface area contributed by atoms with E-state index in [2.05, 4.69) is 9.97 Å². The molecule has 0 amide bonds. The van der Waals surface area contributed by atoms with Crippen LogP contribution in [0.2, 0.25) is 0 Å². The van der Waals surface area contributed by atoms with Crippen LogP contribution in [0.25, 0.3) is 20.9 Å². The molecule has 0 fully saturated rings. The Balaban J connectivity index is 2.12. The Bertz CT molecular complexity index is 779. The van der Waals surface area contributed by atoms with Crippen molar-refractivity contribution in [3.05, 3.63) is 42.1 Å². The van der Waals surface area contributed by atoms with Crippen molar-refractivity contribution < 1.29 is 13.2 Å². The number of halogens is 3. The van der Waals surface area contributed by atoms with E-state index in [4.69, 9.17) is 0 Å². The fraction of sp³-hybridized carbons (Fsp3) is 0.200. The van der Waals surface area contributed by atoms with Gasteiger partial charge >= 0.3 is 6.18 Å². The quantitative estimate of drug-likeness (QED) is 0.590. The summed E-state index contributed by atoms with van der Waals surface area (Å²) in [5.74, 6) is 0.692. The van der Waals surface area contributed by atoms with E-state index in [9.17, 15) is 13.2 Å². The molecular weight excluding hydrogens is 329 g/mol. The number of fused-ring (bicyclic) bond motifs is 1. The Morgan fingerprint density at radius 2 is 2.05 bits per heavy atom. The highest BCUT2D eigenvalue weighted by Crippen LogP contribution is 2.39. The molecule has 3 aromatic rings. The van der Waals surface area contributed by atoms with Crippen LogP contribution in [-0.4, -0.2) is 15.7 Å². The van der Waals surface area contributed by atoms with E-state index in [1.54, 1.807) is 12.3 Å². The summed E-state index contributed by atoms with van der Waals surface area (Å²) in [7, 11) is 0. The van der Waals surface area contributed by atoms with Crippen LogP contribution in [0.3, 0.4) is 0 Å². The van der Waals surface area contributed by atoms with Gasteiger partial charge < -0.3 is 0 Å². The molecule has 22 heavy (non-hydrogen) atoms. The molecule has 114 valence electrons. The summed E-state index contributed by atoms with van der Waals surface area (Å²) in [4.78, 5) is 10.1. The first-order valence-corrected chi connectivity index (χ1v) is 8.35. The second-order valence-corrected chi connectivity index (χ2v) is 6.77. The number of thioether (sulfide) groups is 1. The minimum absolute atomic E-state index is 0.594. The molecule has 0 aliphatic heterocycles. The maximum Gasteiger partial charge on any atom is 0.416 e. The lowest BCUT2D eigenvalue weighted by atomic mass is 10.1. The highest BCUT2D eigenvalue weighted by atomic mass is 32.2. The first-order chi connectivity index (χ1) is 10.5. The third-order valence-electron chi connectivity index (χ3n) is 3.01. The predicted octanol–water partition coefficient (Wildman–Crippen LogP) is 5.49. The van der Waals surface area contributed by atoms with Gasteiger partial charge in [0, 0.05) is 16.7 Å². The fourth-order valence-corrected chi connectivity index (χ4v) is 3.89. The fourth-order valence-electron chi connectivity index (χ4n) is 2.04. The van der Waals surface area contributed by atoms with Crippen LogP contribution in [0.1, 0.15) is 12.5 Å². The number of thiazole rings is 1. The summed E-state index contributed by atoms with van der Waals surface area (Å²) in [5, 5.41) is 0.693. The molecule has 2 aromatic heterocycles. The van der Waals surface area contributed by atoms with Crippen LogP contribution in [-0.2, 0) is 6.18 Å². The van der Waals surface area contributed by atoms with E-state index in [0.29, 0.717) is 15.7 Å². The zero-order valence-corrected chi connectivity index (χ0v) is 13.1.